The summed E-state index contributed by atoms with van der Waals surface area (Å²) >= 11 is 6.03. The molecule has 0 unspecified atom stereocenters. The quantitative estimate of drug-likeness (QED) is 0.450. The van der Waals surface area contributed by atoms with Crippen molar-refractivity contribution in [1.29, 1.82) is 0 Å². The van der Waals surface area contributed by atoms with Gasteiger partial charge in [0, 0.05) is 54.7 Å². The SMILES string of the molecule is CCOC(=O)C1=C(CN2CCN(c3ccc(C(C)=O)cc3)CC2)NC(=O)N[C@@H]1c1ccc(Cl)cc1. The highest BCUT2D eigenvalue weighted by Crippen LogP contribution is 2.29. The van der Waals surface area contributed by atoms with E-state index in [2.05, 4.69) is 20.4 Å². The van der Waals surface area contributed by atoms with Gasteiger partial charge in [0.2, 0.25) is 0 Å². The first-order valence-electron chi connectivity index (χ1n) is 11.7. The fourth-order valence-corrected chi connectivity index (χ4v) is 4.52. The predicted octanol–water partition coefficient (Wildman–Crippen LogP) is 3.54. The first kappa shape index (κ1) is 24.8. The van der Waals surface area contributed by atoms with Crippen molar-refractivity contribution in [3.05, 3.63) is 76.0 Å². The van der Waals surface area contributed by atoms with E-state index in [1.807, 2.05) is 24.3 Å². The Morgan fingerprint density at radius 1 is 1.03 bits per heavy atom. The largest absolute Gasteiger partial charge is 0.463 e. The van der Waals surface area contributed by atoms with Crippen LogP contribution in [-0.4, -0.2) is 62.0 Å². The molecule has 2 aromatic rings. The summed E-state index contributed by atoms with van der Waals surface area (Å²) in [6.07, 6.45) is 0. The fraction of sp³-hybridized carbons (Fsp3) is 0.346. The van der Waals surface area contributed by atoms with Crippen molar-refractivity contribution in [2.24, 2.45) is 0 Å². The minimum Gasteiger partial charge on any atom is -0.463 e. The summed E-state index contributed by atoms with van der Waals surface area (Å²) in [6, 6.07) is 13.7. The highest BCUT2D eigenvalue weighted by Gasteiger charge is 2.34. The Bertz CT molecular complexity index is 1120. The Balaban J connectivity index is 1.51. The average molecular weight is 497 g/mol. The number of esters is 1. The summed E-state index contributed by atoms with van der Waals surface area (Å²) in [7, 11) is 0. The maximum atomic E-state index is 13.0. The number of nitrogens with zero attached hydrogens (tertiary/aromatic N) is 2. The van der Waals surface area contributed by atoms with Gasteiger partial charge in [0.1, 0.15) is 0 Å². The number of rotatable bonds is 7. The smallest absolute Gasteiger partial charge is 0.338 e. The molecule has 35 heavy (non-hydrogen) atoms. The number of amides is 2. The van der Waals surface area contributed by atoms with Crippen molar-refractivity contribution in [2.75, 3.05) is 44.2 Å². The molecular formula is C26H29ClN4O4. The van der Waals surface area contributed by atoms with E-state index in [0.29, 0.717) is 28.4 Å². The zero-order chi connectivity index (χ0) is 24.9. The van der Waals surface area contributed by atoms with Gasteiger partial charge < -0.3 is 20.3 Å². The van der Waals surface area contributed by atoms with Crippen LogP contribution in [0.2, 0.25) is 5.02 Å². The molecule has 0 aromatic heterocycles. The molecule has 0 spiro atoms. The number of nitrogens with one attached hydrogen (secondary N) is 2. The number of carbonyl (C=O) groups excluding carboxylic acids is 3. The summed E-state index contributed by atoms with van der Waals surface area (Å²) < 4.78 is 5.35. The molecule has 4 rings (SSSR count). The van der Waals surface area contributed by atoms with E-state index >= 15 is 0 Å². The lowest BCUT2D eigenvalue weighted by Gasteiger charge is -2.38. The van der Waals surface area contributed by atoms with Crippen LogP contribution < -0.4 is 15.5 Å². The van der Waals surface area contributed by atoms with Gasteiger partial charge in [-0.15, -0.1) is 0 Å². The molecule has 0 aliphatic carbocycles. The van der Waals surface area contributed by atoms with E-state index in [4.69, 9.17) is 16.3 Å². The molecule has 1 atom stereocenters. The van der Waals surface area contributed by atoms with E-state index in [1.54, 1.807) is 38.1 Å². The number of hydrogen-bond acceptors (Lipinski definition) is 6. The number of benzene rings is 2. The van der Waals surface area contributed by atoms with Crippen LogP contribution in [-0.2, 0) is 9.53 Å². The molecule has 9 heteroatoms. The zero-order valence-electron chi connectivity index (χ0n) is 19.8. The second kappa shape index (κ2) is 10.9. The van der Waals surface area contributed by atoms with Crippen LogP contribution in [0.15, 0.2) is 59.8 Å². The Morgan fingerprint density at radius 3 is 2.29 bits per heavy atom. The van der Waals surface area contributed by atoms with Gasteiger partial charge >= 0.3 is 12.0 Å². The van der Waals surface area contributed by atoms with Gasteiger partial charge in [-0.05, 0) is 55.8 Å². The molecule has 8 nitrogen and oxygen atoms in total. The van der Waals surface area contributed by atoms with Crippen molar-refractivity contribution < 1.29 is 19.1 Å². The van der Waals surface area contributed by atoms with Gasteiger partial charge in [-0.1, -0.05) is 23.7 Å². The first-order valence-corrected chi connectivity index (χ1v) is 12.0. The number of ketones is 1. The number of ether oxygens (including phenoxy) is 1. The summed E-state index contributed by atoms with van der Waals surface area (Å²) in [4.78, 5) is 41.5. The normalized spacial score (nSPS) is 18.7. The topological polar surface area (TPSA) is 91.0 Å². The molecule has 2 heterocycles. The number of piperazine rings is 1. The maximum absolute atomic E-state index is 13.0. The number of halogens is 1. The van der Waals surface area contributed by atoms with Crippen LogP contribution in [0, 0.1) is 0 Å². The molecule has 2 aliphatic rings. The van der Waals surface area contributed by atoms with E-state index < -0.39 is 12.0 Å². The minimum absolute atomic E-state index is 0.0490. The van der Waals surface area contributed by atoms with Crippen LogP contribution in [0.5, 0.6) is 0 Å². The van der Waals surface area contributed by atoms with Gasteiger partial charge in [0.15, 0.2) is 5.78 Å². The van der Waals surface area contributed by atoms with E-state index in [0.717, 1.165) is 37.4 Å². The second-order valence-electron chi connectivity index (χ2n) is 8.56. The molecule has 2 N–H and O–H groups in total. The molecule has 0 bridgehead atoms. The second-order valence-corrected chi connectivity index (χ2v) is 9.00. The Labute approximate surface area is 209 Å². The lowest BCUT2D eigenvalue weighted by Crippen LogP contribution is -2.51. The maximum Gasteiger partial charge on any atom is 0.338 e. The lowest BCUT2D eigenvalue weighted by molar-refractivity contribution is -0.139. The summed E-state index contributed by atoms with van der Waals surface area (Å²) in [5.41, 5.74) is 3.47. The van der Waals surface area contributed by atoms with Gasteiger partial charge in [-0.2, -0.15) is 0 Å². The van der Waals surface area contributed by atoms with Crippen LogP contribution in [0.1, 0.15) is 35.8 Å². The van der Waals surface area contributed by atoms with Crippen molar-refractivity contribution in [3.8, 4) is 0 Å². The fourth-order valence-electron chi connectivity index (χ4n) is 4.39. The third-order valence-corrected chi connectivity index (χ3v) is 6.50. The summed E-state index contributed by atoms with van der Waals surface area (Å²) in [5, 5.41) is 6.26. The van der Waals surface area contributed by atoms with Gasteiger partial charge in [0.05, 0.1) is 18.2 Å². The Kier molecular flexibility index (Phi) is 7.73. The van der Waals surface area contributed by atoms with Gasteiger partial charge in [-0.3, -0.25) is 9.69 Å². The van der Waals surface area contributed by atoms with Crippen LogP contribution >= 0.6 is 11.6 Å². The Morgan fingerprint density at radius 2 is 1.69 bits per heavy atom. The van der Waals surface area contributed by atoms with Crippen LogP contribution in [0.4, 0.5) is 10.5 Å². The number of hydrogen-bond donors (Lipinski definition) is 2. The molecule has 2 aliphatic heterocycles. The molecule has 1 fully saturated rings. The van der Waals surface area contributed by atoms with E-state index in [-0.39, 0.29) is 18.4 Å². The van der Waals surface area contributed by atoms with Crippen molar-refractivity contribution in [1.82, 2.24) is 15.5 Å². The monoisotopic (exact) mass is 496 g/mol. The molecule has 0 saturated carbocycles. The highest BCUT2D eigenvalue weighted by molar-refractivity contribution is 6.30. The van der Waals surface area contributed by atoms with Gasteiger partial charge in [-0.25, -0.2) is 9.59 Å². The van der Waals surface area contributed by atoms with Crippen molar-refractivity contribution in [2.45, 2.75) is 19.9 Å². The summed E-state index contributed by atoms with van der Waals surface area (Å²) in [6.45, 7) is 7.05. The predicted molar refractivity (Wildman–Crippen MR) is 135 cm³/mol. The van der Waals surface area contributed by atoms with E-state index in [9.17, 15) is 14.4 Å². The molecule has 1 saturated heterocycles. The number of anilines is 1. The Hall–Kier alpha value is -3.36. The number of urea groups is 1. The molecule has 2 amide bonds. The average Bonchev–Trinajstić information content (AvgIpc) is 2.85. The minimum atomic E-state index is -0.629. The van der Waals surface area contributed by atoms with Crippen molar-refractivity contribution >= 4 is 35.1 Å². The number of carbonyl (C=O) groups is 3. The zero-order valence-corrected chi connectivity index (χ0v) is 20.6. The third kappa shape index (κ3) is 5.83. The lowest BCUT2D eigenvalue weighted by atomic mass is 9.95. The molecule has 0 radical (unpaired) electrons. The molecular weight excluding hydrogens is 468 g/mol. The molecule has 2 aromatic carbocycles. The van der Waals surface area contributed by atoms with Gasteiger partial charge in [0.25, 0.3) is 0 Å². The summed E-state index contributed by atoms with van der Waals surface area (Å²) in [5.74, 6) is -0.410. The third-order valence-electron chi connectivity index (χ3n) is 6.25. The van der Waals surface area contributed by atoms with Crippen LogP contribution in [0.25, 0.3) is 0 Å². The van der Waals surface area contributed by atoms with Crippen molar-refractivity contribution in [3.63, 3.8) is 0 Å². The standard InChI is InChI=1S/C26H29ClN4O4/c1-3-35-25(33)23-22(28-26(34)29-24(23)19-4-8-20(27)9-5-19)16-30-12-14-31(15-13-30)21-10-6-18(7-11-21)17(2)32/h4-11,24H,3,12-16H2,1-2H3,(H2,28,29,34)/t24-/m1/s1. The first-order chi connectivity index (χ1) is 16.9. The number of Topliss-reactive ketones (excluding diaryl/α,β-unsaturated/α-hetero) is 1. The molecule has 184 valence electrons. The van der Waals surface area contributed by atoms with Crippen LogP contribution in [0.3, 0.4) is 0 Å². The van der Waals surface area contributed by atoms with E-state index in [1.165, 1.54) is 0 Å². The highest BCUT2D eigenvalue weighted by atomic mass is 35.5.